The van der Waals surface area contributed by atoms with E-state index in [2.05, 4.69) is 15.2 Å². The van der Waals surface area contributed by atoms with Gasteiger partial charge in [-0.1, -0.05) is 0 Å². The van der Waals surface area contributed by atoms with Gasteiger partial charge in [-0.05, 0) is 0 Å². The molecule has 0 spiro atoms. The SMILES string of the molecule is CS(=O)(=O)c1nccnn1. The van der Waals surface area contributed by atoms with E-state index in [0.717, 1.165) is 6.26 Å². The molecule has 0 bridgehead atoms. The van der Waals surface area contributed by atoms with Crippen LogP contribution in [0, 0.1) is 0 Å². The molecule has 0 unspecified atom stereocenters. The summed E-state index contributed by atoms with van der Waals surface area (Å²) in [6, 6.07) is 0. The van der Waals surface area contributed by atoms with E-state index in [4.69, 9.17) is 0 Å². The molecule has 0 aliphatic carbocycles. The van der Waals surface area contributed by atoms with Crippen molar-refractivity contribution in [2.75, 3.05) is 6.26 Å². The quantitative estimate of drug-likeness (QED) is 0.540. The lowest BCUT2D eigenvalue weighted by Crippen LogP contribution is -2.03. The molecular formula is C4H5N3O2S. The zero-order chi connectivity index (χ0) is 7.61. The van der Waals surface area contributed by atoms with E-state index in [-0.39, 0.29) is 5.16 Å². The van der Waals surface area contributed by atoms with Gasteiger partial charge >= 0.3 is 0 Å². The Morgan fingerprint density at radius 2 is 2.10 bits per heavy atom. The Morgan fingerprint density at radius 1 is 1.40 bits per heavy atom. The second kappa shape index (κ2) is 2.30. The van der Waals surface area contributed by atoms with Crippen molar-refractivity contribution < 1.29 is 8.42 Å². The van der Waals surface area contributed by atoms with Gasteiger partial charge in [0.05, 0.1) is 12.4 Å². The van der Waals surface area contributed by atoms with E-state index < -0.39 is 9.84 Å². The molecule has 5 nitrogen and oxygen atoms in total. The standard InChI is InChI=1S/C4H5N3O2S/c1-10(8,9)4-5-2-3-6-7-4/h2-3H,1H3. The second-order valence-electron chi connectivity index (χ2n) is 1.70. The third kappa shape index (κ3) is 1.47. The summed E-state index contributed by atoms with van der Waals surface area (Å²) in [6.07, 6.45) is 3.63. The van der Waals surface area contributed by atoms with Crippen molar-refractivity contribution in [1.29, 1.82) is 0 Å². The molecule has 0 amide bonds. The summed E-state index contributed by atoms with van der Waals surface area (Å²) in [5.74, 6) is 0. The smallest absolute Gasteiger partial charge is 0.224 e. The Balaban J connectivity index is 3.22. The summed E-state index contributed by atoms with van der Waals surface area (Å²) < 4.78 is 21.3. The fraction of sp³-hybridized carbons (Fsp3) is 0.250. The molecule has 1 aromatic rings. The lowest BCUT2D eigenvalue weighted by molar-refractivity contribution is 0.589. The van der Waals surface area contributed by atoms with Gasteiger partial charge < -0.3 is 0 Å². The number of sulfone groups is 1. The molecule has 0 aliphatic rings. The largest absolute Gasteiger partial charge is 0.267 e. The van der Waals surface area contributed by atoms with Crippen LogP contribution in [0.5, 0.6) is 0 Å². The summed E-state index contributed by atoms with van der Waals surface area (Å²) >= 11 is 0. The molecule has 0 saturated heterocycles. The Hall–Kier alpha value is -1.04. The Morgan fingerprint density at radius 3 is 2.40 bits per heavy atom. The molecule has 54 valence electrons. The molecular weight excluding hydrogens is 154 g/mol. The van der Waals surface area contributed by atoms with Crippen molar-refractivity contribution in [1.82, 2.24) is 15.2 Å². The van der Waals surface area contributed by atoms with Gasteiger partial charge in [0, 0.05) is 6.26 Å². The maximum absolute atomic E-state index is 10.7. The zero-order valence-corrected chi connectivity index (χ0v) is 6.04. The van der Waals surface area contributed by atoms with Gasteiger partial charge in [-0.15, -0.1) is 5.10 Å². The highest BCUT2D eigenvalue weighted by Crippen LogP contribution is 1.94. The highest BCUT2D eigenvalue weighted by Gasteiger charge is 2.08. The van der Waals surface area contributed by atoms with Crippen molar-refractivity contribution in [2.24, 2.45) is 0 Å². The van der Waals surface area contributed by atoms with Crippen LogP contribution in [0.25, 0.3) is 0 Å². The first kappa shape index (κ1) is 7.07. The number of hydrogen-bond acceptors (Lipinski definition) is 5. The van der Waals surface area contributed by atoms with Gasteiger partial charge in [0.25, 0.3) is 5.16 Å². The Kier molecular flexibility index (Phi) is 1.62. The first-order valence-electron chi connectivity index (χ1n) is 2.44. The van der Waals surface area contributed by atoms with Crippen LogP contribution in [0.4, 0.5) is 0 Å². The van der Waals surface area contributed by atoms with Crippen molar-refractivity contribution >= 4 is 9.84 Å². The fourth-order valence-corrected chi connectivity index (χ4v) is 0.853. The van der Waals surface area contributed by atoms with Gasteiger partial charge in [-0.25, -0.2) is 13.4 Å². The van der Waals surface area contributed by atoms with Crippen LogP contribution in [-0.2, 0) is 9.84 Å². The van der Waals surface area contributed by atoms with Crippen LogP contribution < -0.4 is 0 Å². The Labute approximate surface area is 58.0 Å². The maximum Gasteiger partial charge on any atom is 0.267 e. The Bertz CT molecular complexity index is 307. The molecule has 1 rings (SSSR count). The lowest BCUT2D eigenvalue weighted by atomic mass is 10.9. The average molecular weight is 159 g/mol. The topological polar surface area (TPSA) is 72.8 Å². The first-order chi connectivity index (χ1) is 4.61. The molecule has 0 atom stereocenters. The molecule has 1 aromatic heterocycles. The number of aromatic nitrogens is 3. The minimum absolute atomic E-state index is 0.241. The summed E-state index contributed by atoms with van der Waals surface area (Å²) in [5.41, 5.74) is 0. The number of nitrogens with zero attached hydrogens (tertiary/aromatic N) is 3. The van der Waals surface area contributed by atoms with Gasteiger partial charge in [-0.2, -0.15) is 5.10 Å². The van der Waals surface area contributed by atoms with E-state index >= 15 is 0 Å². The summed E-state index contributed by atoms with van der Waals surface area (Å²) in [5, 5.41) is 6.42. The molecule has 0 N–H and O–H groups in total. The van der Waals surface area contributed by atoms with Crippen molar-refractivity contribution in [2.45, 2.75) is 5.16 Å². The van der Waals surface area contributed by atoms with E-state index in [1.807, 2.05) is 0 Å². The molecule has 0 radical (unpaired) electrons. The van der Waals surface area contributed by atoms with Gasteiger partial charge in [-0.3, -0.25) is 0 Å². The second-order valence-corrected chi connectivity index (χ2v) is 3.61. The highest BCUT2D eigenvalue weighted by molar-refractivity contribution is 7.90. The van der Waals surface area contributed by atoms with Crippen LogP contribution >= 0.6 is 0 Å². The minimum Gasteiger partial charge on any atom is -0.224 e. The molecule has 0 saturated carbocycles. The van der Waals surface area contributed by atoms with Crippen LogP contribution in [0.3, 0.4) is 0 Å². The number of rotatable bonds is 1. The van der Waals surface area contributed by atoms with Crippen molar-refractivity contribution in [3.63, 3.8) is 0 Å². The molecule has 6 heteroatoms. The van der Waals surface area contributed by atoms with Crippen LogP contribution in [0.2, 0.25) is 0 Å². The predicted octanol–water partition coefficient (Wildman–Crippen LogP) is -0.725. The van der Waals surface area contributed by atoms with Gasteiger partial charge in [0.2, 0.25) is 9.84 Å². The van der Waals surface area contributed by atoms with Crippen molar-refractivity contribution in [3.8, 4) is 0 Å². The molecule has 0 aromatic carbocycles. The van der Waals surface area contributed by atoms with Crippen molar-refractivity contribution in [3.05, 3.63) is 12.4 Å². The fourth-order valence-electron chi connectivity index (χ4n) is 0.405. The van der Waals surface area contributed by atoms with E-state index in [1.54, 1.807) is 0 Å². The molecule has 1 heterocycles. The van der Waals surface area contributed by atoms with Gasteiger partial charge in [0.1, 0.15) is 0 Å². The summed E-state index contributed by atoms with van der Waals surface area (Å²) in [6.45, 7) is 0. The van der Waals surface area contributed by atoms with E-state index in [1.165, 1.54) is 12.4 Å². The monoisotopic (exact) mass is 159 g/mol. The zero-order valence-electron chi connectivity index (χ0n) is 5.22. The maximum atomic E-state index is 10.7. The van der Waals surface area contributed by atoms with Gasteiger partial charge in [0.15, 0.2) is 0 Å². The third-order valence-electron chi connectivity index (χ3n) is 0.793. The van der Waals surface area contributed by atoms with Crippen LogP contribution in [0.1, 0.15) is 0 Å². The average Bonchev–Trinajstić information content (AvgIpc) is 1.88. The summed E-state index contributed by atoms with van der Waals surface area (Å²) in [4.78, 5) is 3.49. The molecule has 0 aliphatic heterocycles. The number of hydrogen-bond donors (Lipinski definition) is 0. The van der Waals surface area contributed by atoms with Crippen LogP contribution in [-0.4, -0.2) is 29.9 Å². The van der Waals surface area contributed by atoms with Crippen LogP contribution in [0.15, 0.2) is 17.6 Å². The molecule has 0 fully saturated rings. The third-order valence-corrected chi connectivity index (χ3v) is 1.64. The normalized spacial score (nSPS) is 11.3. The van der Waals surface area contributed by atoms with E-state index in [0.29, 0.717) is 0 Å². The predicted molar refractivity (Wildman–Crippen MR) is 32.9 cm³/mol. The first-order valence-corrected chi connectivity index (χ1v) is 4.33. The highest BCUT2D eigenvalue weighted by atomic mass is 32.2. The summed E-state index contributed by atoms with van der Waals surface area (Å²) in [7, 11) is -3.29. The minimum atomic E-state index is -3.29. The van der Waals surface area contributed by atoms with E-state index in [9.17, 15) is 8.42 Å². The lowest BCUT2D eigenvalue weighted by Gasteiger charge is -1.89. The molecule has 10 heavy (non-hydrogen) atoms.